The summed E-state index contributed by atoms with van der Waals surface area (Å²) in [4.78, 5) is 2.45. The summed E-state index contributed by atoms with van der Waals surface area (Å²) in [6, 6.07) is 25.2. The number of ether oxygens (including phenoxy) is 1. The Kier molecular flexibility index (Phi) is 4.80. The number of rotatable bonds is 4. The second-order valence-electron chi connectivity index (χ2n) is 6.48. The summed E-state index contributed by atoms with van der Waals surface area (Å²) < 4.78 is 5.30. The third-order valence-electron chi connectivity index (χ3n) is 5.00. The van der Waals surface area contributed by atoms with E-state index in [0.29, 0.717) is 12.1 Å². The summed E-state index contributed by atoms with van der Waals surface area (Å²) in [6.07, 6.45) is 1.05. The van der Waals surface area contributed by atoms with Crippen LogP contribution in [0.2, 0.25) is 10.0 Å². The zero-order valence-electron chi connectivity index (χ0n) is 14.4. The molecule has 0 N–H and O–H groups in total. The number of halogens is 2. The van der Waals surface area contributed by atoms with Gasteiger partial charge in [0.15, 0.2) is 0 Å². The number of nitrogens with zero attached hydrogens (tertiary/aromatic N) is 1. The summed E-state index contributed by atoms with van der Waals surface area (Å²) in [7, 11) is 1.69. The molecule has 0 aliphatic carbocycles. The Hall–Kier alpha value is -2.16. The molecule has 0 aromatic heterocycles. The number of benzene rings is 3. The lowest BCUT2D eigenvalue weighted by molar-refractivity contribution is 0.352. The fraction of sp³-hybridized carbons (Fsp3) is 0.182. The lowest BCUT2D eigenvalue weighted by atomic mass is 9.82. The van der Waals surface area contributed by atoms with Crippen molar-refractivity contribution in [1.82, 2.24) is 0 Å². The third kappa shape index (κ3) is 3.27. The van der Waals surface area contributed by atoms with E-state index in [0.717, 1.165) is 22.2 Å². The fourth-order valence-corrected chi connectivity index (χ4v) is 3.85. The van der Waals surface area contributed by atoms with Gasteiger partial charge in [-0.1, -0.05) is 47.5 Å². The van der Waals surface area contributed by atoms with E-state index in [-0.39, 0.29) is 0 Å². The van der Waals surface area contributed by atoms with E-state index in [1.807, 2.05) is 36.4 Å². The van der Waals surface area contributed by atoms with Crippen LogP contribution in [0, 0.1) is 0 Å². The molecule has 132 valence electrons. The summed E-state index contributed by atoms with van der Waals surface area (Å²) in [6.45, 7) is 0. The van der Waals surface area contributed by atoms with Gasteiger partial charge in [-0.3, -0.25) is 0 Å². The minimum absolute atomic E-state index is 0.321. The Morgan fingerprint density at radius 1 is 0.731 bits per heavy atom. The Bertz CT molecular complexity index is 824. The average Bonchev–Trinajstić information content (AvgIpc) is 2.65. The zero-order chi connectivity index (χ0) is 18.1. The van der Waals surface area contributed by atoms with Crippen molar-refractivity contribution in [1.29, 1.82) is 0 Å². The summed E-state index contributed by atoms with van der Waals surface area (Å²) in [5.41, 5.74) is 3.72. The SMILES string of the molecule is COc1ccc(N2[C@@H](c3ccc(Cl)cc3)C[C@H]2c2ccc(Cl)cc2)cc1. The molecule has 2 nitrogen and oxygen atoms in total. The zero-order valence-corrected chi connectivity index (χ0v) is 15.9. The number of hydrogen-bond donors (Lipinski definition) is 0. The summed E-state index contributed by atoms with van der Waals surface area (Å²) >= 11 is 12.1. The van der Waals surface area contributed by atoms with Crippen molar-refractivity contribution in [3.63, 3.8) is 0 Å². The fourth-order valence-electron chi connectivity index (χ4n) is 3.60. The van der Waals surface area contributed by atoms with E-state index in [2.05, 4.69) is 41.3 Å². The molecule has 1 saturated heterocycles. The van der Waals surface area contributed by atoms with Crippen LogP contribution < -0.4 is 9.64 Å². The van der Waals surface area contributed by atoms with E-state index in [4.69, 9.17) is 27.9 Å². The van der Waals surface area contributed by atoms with Gasteiger partial charge in [0.2, 0.25) is 0 Å². The molecule has 3 aromatic carbocycles. The Morgan fingerprint density at radius 2 is 1.19 bits per heavy atom. The van der Waals surface area contributed by atoms with Crippen LogP contribution in [0.3, 0.4) is 0 Å². The van der Waals surface area contributed by atoms with Gasteiger partial charge in [0.05, 0.1) is 19.2 Å². The largest absolute Gasteiger partial charge is 0.497 e. The normalized spacial score (nSPS) is 19.1. The highest BCUT2D eigenvalue weighted by molar-refractivity contribution is 6.30. The minimum Gasteiger partial charge on any atom is -0.497 e. The predicted molar refractivity (Wildman–Crippen MR) is 108 cm³/mol. The predicted octanol–water partition coefficient (Wildman–Crippen LogP) is 6.69. The first-order chi connectivity index (χ1) is 12.7. The van der Waals surface area contributed by atoms with Gasteiger partial charge in [-0.05, 0) is 66.1 Å². The maximum Gasteiger partial charge on any atom is 0.119 e. The van der Waals surface area contributed by atoms with Crippen molar-refractivity contribution in [2.75, 3.05) is 12.0 Å². The second-order valence-corrected chi connectivity index (χ2v) is 7.35. The minimum atomic E-state index is 0.321. The average molecular weight is 384 g/mol. The van der Waals surface area contributed by atoms with Crippen LogP contribution in [-0.4, -0.2) is 7.11 Å². The van der Waals surface area contributed by atoms with Gasteiger partial charge < -0.3 is 9.64 Å². The van der Waals surface area contributed by atoms with Crippen LogP contribution in [0.1, 0.15) is 29.6 Å². The van der Waals surface area contributed by atoms with Crippen molar-refractivity contribution in [3.8, 4) is 5.75 Å². The molecule has 1 fully saturated rings. The van der Waals surface area contributed by atoms with Crippen molar-refractivity contribution in [2.45, 2.75) is 18.5 Å². The molecule has 0 saturated carbocycles. The van der Waals surface area contributed by atoms with Gasteiger partial charge in [0.1, 0.15) is 5.75 Å². The van der Waals surface area contributed by atoms with Crippen molar-refractivity contribution < 1.29 is 4.74 Å². The molecule has 4 rings (SSSR count). The summed E-state index contributed by atoms with van der Waals surface area (Å²) in [5.74, 6) is 0.861. The van der Waals surface area contributed by atoms with Crippen molar-refractivity contribution in [3.05, 3.63) is 94.0 Å². The van der Waals surface area contributed by atoms with Gasteiger partial charge >= 0.3 is 0 Å². The molecule has 0 amide bonds. The van der Waals surface area contributed by atoms with Gasteiger partial charge in [0, 0.05) is 15.7 Å². The van der Waals surface area contributed by atoms with Crippen molar-refractivity contribution in [2.24, 2.45) is 0 Å². The highest BCUT2D eigenvalue weighted by Gasteiger charge is 2.40. The molecule has 0 bridgehead atoms. The Balaban J connectivity index is 1.69. The van der Waals surface area contributed by atoms with Gasteiger partial charge in [-0.15, -0.1) is 0 Å². The molecule has 2 atom stereocenters. The first kappa shape index (κ1) is 17.3. The van der Waals surface area contributed by atoms with Gasteiger partial charge in [-0.2, -0.15) is 0 Å². The molecular weight excluding hydrogens is 365 g/mol. The molecule has 3 aromatic rings. The molecule has 1 aliphatic heterocycles. The lowest BCUT2D eigenvalue weighted by Crippen LogP contribution is -2.44. The molecule has 1 heterocycles. The molecule has 0 spiro atoms. The monoisotopic (exact) mass is 383 g/mol. The first-order valence-corrected chi connectivity index (χ1v) is 9.34. The number of methoxy groups -OCH3 is 1. The first-order valence-electron chi connectivity index (χ1n) is 8.59. The van der Waals surface area contributed by atoms with Crippen LogP contribution in [0.4, 0.5) is 5.69 Å². The smallest absolute Gasteiger partial charge is 0.119 e. The molecule has 1 aliphatic rings. The van der Waals surface area contributed by atoms with Crippen molar-refractivity contribution >= 4 is 28.9 Å². The lowest BCUT2D eigenvalue weighted by Gasteiger charge is -2.51. The third-order valence-corrected chi connectivity index (χ3v) is 5.50. The van der Waals surface area contributed by atoms with E-state index >= 15 is 0 Å². The van der Waals surface area contributed by atoms with E-state index < -0.39 is 0 Å². The van der Waals surface area contributed by atoms with Crippen LogP contribution in [0.15, 0.2) is 72.8 Å². The Morgan fingerprint density at radius 3 is 1.62 bits per heavy atom. The molecule has 0 radical (unpaired) electrons. The number of anilines is 1. The summed E-state index contributed by atoms with van der Waals surface area (Å²) in [5, 5.41) is 1.52. The van der Waals surface area contributed by atoms with Crippen LogP contribution >= 0.6 is 23.2 Å². The van der Waals surface area contributed by atoms with E-state index in [1.54, 1.807) is 7.11 Å². The highest BCUT2D eigenvalue weighted by atomic mass is 35.5. The number of hydrogen-bond acceptors (Lipinski definition) is 2. The second kappa shape index (κ2) is 7.22. The Labute approximate surface area is 163 Å². The van der Waals surface area contributed by atoms with E-state index in [1.165, 1.54) is 16.8 Å². The maximum absolute atomic E-state index is 6.06. The van der Waals surface area contributed by atoms with Crippen LogP contribution in [0.25, 0.3) is 0 Å². The highest BCUT2D eigenvalue weighted by Crippen LogP contribution is 2.50. The molecule has 26 heavy (non-hydrogen) atoms. The van der Waals surface area contributed by atoms with Crippen LogP contribution in [-0.2, 0) is 0 Å². The topological polar surface area (TPSA) is 12.5 Å². The van der Waals surface area contributed by atoms with Crippen LogP contribution in [0.5, 0.6) is 5.75 Å². The van der Waals surface area contributed by atoms with E-state index in [9.17, 15) is 0 Å². The quantitative estimate of drug-likeness (QED) is 0.497. The standard InChI is InChI=1S/C22H19Cl2NO/c1-26-20-12-10-19(11-13-20)25-21(15-2-6-17(23)7-3-15)14-22(25)16-4-8-18(24)9-5-16/h2-13,21-22H,14H2,1H3/t21-,22+. The molecular formula is C22H19Cl2NO. The molecule has 0 unspecified atom stereocenters. The molecule has 4 heteroatoms. The van der Waals surface area contributed by atoms with Gasteiger partial charge in [-0.25, -0.2) is 0 Å². The maximum atomic E-state index is 6.06. The van der Waals surface area contributed by atoms with Gasteiger partial charge in [0.25, 0.3) is 0 Å².